The first-order chi connectivity index (χ1) is 13.4. The predicted octanol–water partition coefficient (Wildman–Crippen LogP) is 3.63. The van der Waals surface area contributed by atoms with Crippen LogP contribution in [0.2, 0.25) is 5.02 Å². The summed E-state index contributed by atoms with van der Waals surface area (Å²) < 4.78 is 0. The van der Waals surface area contributed by atoms with Gasteiger partial charge in [0.2, 0.25) is 0 Å². The van der Waals surface area contributed by atoms with Gasteiger partial charge in [-0.25, -0.2) is 0 Å². The van der Waals surface area contributed by atoms with Crippen LogP contribution in [0.4, 0.5) is 0 Å². The number of carboxylic acids is 1. The molecule has 1 saturated heterocycles. The number of amides is 1. The number of aliphatic carboxylic acids is 1. The highest BCUT2D eigenvalue weighted by Gasteiger charge is 2.45. The van der Waals surface area contributed by atoms with Gasteiger partial charge in [-0.2, -0.15) is 0 Å². The normalized spacial score (nSPS) is 18.5. The van der Waals surface area contributed by atoms with Gasteiger partial charge in [-0.15, -0.1) is 0 Å². The molecule has 2 N–H and O–H groups in total. The molecule has 1 fully saturated rings. The van der Waals surface area contributed by atoms with E-state index in [-0.39, 0.29) is 30.7 Å². The Morgan fingerprint density at radius 1 is 1.00 bits per heavy atom. The number of aliphatic hydroxyl groups excluding tert-OH is 1. The smallest absolute Gasteiger partial charge is 0.303 e. The van der Waals surface area contributed by atoms with E-state index in [1.807, 2.05) is 0 Å². The number of carboxylic acid groups (broad SMARTS) is 1. The molecule has 0 saturated carbocycles. The molecule has 6 nitrogen and oxygen atoms in total. The number of carbonyl (C=O) groups excluding carboxylic acids is 2. The van der Waals surface area contributed by atoms with E-state index in [4.69, 9.17) is 16.7 Å². The van der Waals surface area contributed by atoms with Gasteiger partial charge >= 0.3 is 5.97 Å². The molecule has 0 bridgehead atoms. The molecule has 2 aromatic rings. The van der Waals surface area contributed by atoms with Crippen LogP contribution in [0.1, 0.15) is 30.0 Å². The Morgan fingerprint density at radius 3 is 2.25 bits per heavy atom. The van der Waals surface area contributed by atoms with E-state index in [1.165, 1.54) is 4.90 Å². The average molecular weight is 400 g/mol. The Kier molecular flexibility index (Phi) is 5.80. The van der Waals surface area contributed by atoms with Gasteiger partial charge < -0.3 is 15.1 Å². The molecule has 1 aliphatic heterocycles. The van der Waals surface area contributed by atoms with Crippen LogP contribution < -0.4 is 0 Å². The standard InChI is InChI=1S/C21H18ClNO5/c22-15-10-8-13(9-11-15)18-17(19(26)14-5-2-1-3-6-14)20(27)21(28)23(18)12-4-7-16(24)25/h1-3,5-6,8-11,18,26H,4,7,12H2,(H,24,25). The number of carbonyl (C=O) groups is 3. The Balaban J connectivity index is 2.08. The number of likely N-dealkylation sites (tertiary alicyclic amines) is 1. The number of nitrogens with zero attached hydrogens (tertiary/aromatic N) is 1. The molecule has 3 rings (SSSR count). The van der Waals surface area contributed by atoms with Crippen molar-refractivity contribution in [3.8, 4) is 0 Å². The van der Waals surface area contributed by atoms with Gasteiger partial charge in [0.25, 0.3) is 11.7 Å². The van der Waals surface area contributed by atoms with Crippen LogP contribution in [-0.2, 0) is 14.4 Å². The third kappa shape index (κ3) is 3.92. The second-order valence-electron chi connectivity index (χ2n) is 6.41. The number of Topliss-reactive ketones (excluding diaryl/α,β-unsaturated/α-hetero) is 1. The number of rotatable bonds is 6. The van der Waals surface area contributed by atoms with Crippen molar-refractivity contribution in [3.63, 3.8) is 0 Å². The maximum Gasteiger partial charge on any atom is 0.303 e. The Morgan fingerprint density at radius 2 is 1.64 bits per heavy atom. The van der Waals surface area contributed by atoms with E-state index in [9.17, 15) is 19.5 Å². The number of benzene rings is 2. The Bertz CT molecular complexity index is 937. The van der Waals surface area contributed by atoms with Crippen molar-refractivity contribution < 1.29 is 24.6 Å². The van der Waals surface area contributed by atoms with E-state index in [2.05, 4.69) is 0 Å². The number of hydrogen-bond acceptors (Lipinski definition) is 4. The fourth-order valence-corrected chi connectivity index (χ4v) is 3.38. The maximum absolute atomic E-state index is 12.7. The van der Waals surface area contributed by atoms with Crippen molar-refractivity contribution in [1.29, 1.82) is 0 Å². The largest absolute Gasteiger partial charge is 0.507 e. The lowest BCUT2D eigenvalue weighted by atomic mass is 9.95. The summed E-state index contributed by atoms with van der Waals surface area (Å²) >= 11 is 5.95. The molecule has 2 aromatic carbocycles. The van der Waals surface area contributed by atoms with Crippen molar-refractivity contribution in [2.75, 3.05) is 6.54 Å². The number of aliphatic hydroxyl groups is 1. The minimum atomic E-state index is -0.982. The summed E-state index contributed by atoms with van der Waals surface area (Å²) in [7, 11) is 0. The lowest BCUT2D eigenvalue weighted by Gasteiger charge is -2.25. The summed E-state index contributed by atoms with van der Waals surface area (Å²) in [5.41, 5.74) is 1.01. The van der Waals surface area contributed by atoms with Crippen LogP contribution in [0.3, 0.4) is 0 Å². The average Bonchev–Trinajstić information content (AvgIpc) is 2.93. The molecular formula is C21H18ClNO5. The zero-order valence-corrected chi connectivity index (χ0v) is 15.6. The van der Waals surface area contributed by atoms with Crippen molar-refractivity contribution >= 4 is 35.0 Å². The summed E-state index contributed by atoms with van der Waals surface area (Å²) in [6.07, 6.45) is 0.0623. The Labute approximate surface area is 166 Å². The number of ketones is 1. The van der Waals surface area contributed by atoms with Gasteiger partial charge in [0.1, 0.15) is 5.76 Å². The minimum Gasteiger partial charge on any atom is -0.507 e. The highest BCUT2D eigenvalue weighted by atomic mass is 35.5. The van der Waals surface area contributed by atoms with Crippen LogP contribution in [0.5, 0.6) is 0 Å². The molecule has 0 aliphatic carbocycles. The molecule has 28 heavy (non-hydrogen) atoms. The summed E-state index contributed by atoms with van der Waals surface area (Å²) in [5.74, 6) is -2.80. The van der Waals surface area contributed by atoms with Gasteiger partial charge in [-0.05, 0) is 24.1 Å². The fraction of sp³-hybridized carbons (Fsp3) is 0.190. The Hall–Kier alpha value is -3.12. The summed E-state index contributed by atoms with van der Waals surface area (Å²) in [5, 5.41) is 20.2. The first-order valence-electron chi connectivity index (χ1n) is 8.71. The van der Waals surface area contributed by atoms with Crippen molar-refractivity contribution in [2.45, 2.75) is 18.9 Å². The summed E-state index contributed by atoms with van der Waals surface area (Å²) in [6, 6.07) is 14.3. The fourth-order valence-electron chi connectivity index (χ4n) is 3.25. The first-order valence-corrected chi connectivity index (χ1v) is 9.09. The van der Waals surface area contributed by atoms with Gasteiger partial charge in [-0.1, -0.05) is 54.1 Å². The summed E-state index contributed by atoms with van der Waals surface area (Å²) in [4.78, 5) is 37.5. The second-order valence-corrected chi connectivity index (χ2v) is 6.84. The minimum absolute atomic E-state index is 0.0196. The van der Waals surface area contributed by atoms with Gasteiger partial charge in [0.15, 0.2) is 0 Å². The van der Waals surface area contributed by atoms with E-state index in [1.54, 1.807) is 54.6 Å². The number of halogens is 1. The zero-order chi connectivity index (χ0) is 20.3. The SMILES string of the molecule is O=C(O)CCCN1C(=O)C(=O)C(=C(O)c2ccccc2)C1c1ccc(Cl)cc1. The topological polar surface area (TPSA) is 94.9 Å². The van der Waals surface area contributed by atoms with Gasteiger partial charge in [0, 0.05) is 23.6 Å². The molecule has 1 heterocycles. The first kappa shape index (κ1) is 19.6. The maximum atomic E-state index is 12.7. The van der Waals surface area contributed by atoms with Crippen LogP contribution in [0.25, 0.3) is 5.76 Å². The number of hydrogen-bond donors (Lipinski definition) is 2. The van der Waals surface area contributed by atoms with E-state index >= 15 is 0 Å². The lowest BCUT2D eigenvalue weighted by molar-refractivity contribution is -0.140. The van der Waals surface area contributed by atoms with Crippen LogP contribution in [0.15, 0.2) is 60.2 Å². The molecule has 0 spiro atoms. The van der Waals surface area contributed by atoms with Gasteiger partial charge in [-0.3, -0.25) is 14.4 Å². The van der Waals surface area contributed by atoms with Crippen LogP contribution in [0, 0.1) is 0 Å². The highest BCUT2D eigenvalue weighted by molar-refractivity contribution is 6.46. The molecule has 1 aliphatic rings. The third-order valence-electron chi connectivity index (χ3n) is 4.56. The van der Waals surface area contributed by atoms with E-state index < -0.39 is 23.7 Å². The lowest BCUT2D eigenvalue weighted by Crippen LogP contribution is -2.31. The zero-order valence-electron chi connectivity index (χ0n) is 14.8. The second kappa shape index (κ2) is 8.27. The monoisotopic (exact) mass is 399 g/mol. The molecule has 0 aromatic heterocycles. The third-order valence-corrected chi connectivity index (χ3v) is 4.81. The summed E-state index contributed by atoms with van der Waals surface area (Å²) in [6.45, 7) is 0.0791. The predicted molar refractivity (Wildman–Crippen MR) is 104 cm³/mol. The highest BCUT2D eigenvalue weighted by Crippen LogP contribution is 2.39. The molecule has 1 amide bonds. The molecule has 7 heteroatoms. The molecular weight excluding hydrogens is 382 g/mol. The van der Waals surface area contributed by atoms with Gasteiger partial charge in [0.05, 0.1) is 11.6 Å². The van der Waals surface area contributed by atoms with Crippen molar-refractivity contribution in [2.24, 2.45) is 0 Å². The van der Waals surface area contributed by atoms with Crippen molar-refractivity contribution in [1.82, 2.24) is 4.90 Å². The van der Waals surface area contributed by atoms with Crippen LogP contribution >= 0.6 is 11.6 Å². The van der Waals surface area contributed by atoms with Crippen LogP contribution in [-0.4, -0.2) is 39.3 Å². The van der Waals surface area contributed by atoms with Crippen molar-refractivity contribution in [3.05, 3.63) is 76.3 Å². The molecule has 144 valence electrons. The molecule has 1 atom stereocenters. The van der Waals surface area contributed by atoms with E-state index in [0.29, 0.717) is 16.1 Å². The quantitative estimate of drug-likeness (QED) is 0.439. The molecule has 0 radical (unpaired) electrons. The molecule has 1 unspecified atom stereocenters. The van der Waals surface area contributed by atoms with E-state index in [0.717, 1.165) is 0 Å².